The Balaban J connectivity index is 1.77. The summed E-state index contributed by atoms with van der Waals surface area (Å²) in [5.41, 5.74) is -1.71. The number of aromatic nitrogens is 2. The Hall–Kier alpha value is -1.61. The number of piperidine rings is 1. The molecule has 0 radical (unpaired) electrons. The van der Waals surface area contributed by atoms with Crippen molar-refractivity contribution in [3.63, 3.8) is 0 Å². The van der Waals surface area contributed by atoms with Crippen LogP contribution in [0.5, 0.6) is 0 Å². The third-order valence-electron chi connectivity index (χ3n) is 5.54. The summed E-state index contributed by atoms with van der Waals surface area (Å²) >= 11 is 0. The van der Waals surface area contributed by atoms with E-state index in [4.69, 9.17) is 0 Å². The number of nitrogens with zero attached hydrogens (tertiary/aromatic N) is 2. The largest absolute Gasteiger partial charge is 0.418 e. The Kier molecular flexibility index (Phi) is 4.35. The Morgan fingerprint density at radius 2 is 2.08 bits per heavy atom. The highest BCUT2D eigenvalue weighted by molar-refractivity contribution is 5.92. The summed E-state index contributed by atoms with van der Waals surface area (Å²) in [7, 11) is 0. The molecule has 1 aromatic heterocycles. The Labute approximate surface area is 143 Å². The average Bonchev–Trinajstić information content (AvgIpc) is 3.11. The van der Waals surface area contributed by atoms with Gasteiger partial charge in [0.2, 0.25) is 0 Å². The van der Waals surface area contributed by atoms with Gasteiger partial charge >= 0.3 is 6.18 Å². The number of aliphatic hydroxyl groups is 1. The van der Waals surface area contributed by atoms with Gasteiger partial charge in [0.15, 0.2) is 5.60 Å². The van der Waals surface area contributed by atoms with E-state index in [1.807, 2.05) is 6.92 Å². The molecule has 9 heteroatoms. The number of halogens is 3. The van der Waals surface area contributed by atoms with Crippen LogP contribution in [-0.4, -0.2) is 63.6 Å². The number of H-pyrrole nitrogens is 1. The molecule has 0 aliphatic carbocycles. The number of hydrogen-bond acceptors (Lipinski definition) is 4. The fourth-order valence-electron chi connectivity index (χ4n) is 4.23. The molecule has 1 aromatic rings. The lowest BCUT2D eigenvalue weighted by Crippen LogP contribution is -2.60. The lowest BCUT2D eigenvalue weighted by atomic mass is 9.72. The van der Waals surface area contributed by atoms with Crippen LogP contribution in [-0.2, 0) is 0 Å². The van der Waals surface area contributed by atoms with Gasteiger partial charge in [0.05, 0.1) is 0 Å². The van der Waals surface area contributed by atoms with Crippen LogP contribution in [0.3, 0.4) is 0 Å². The van der Waals surface area contributed by atoms with E-state index >= 15 is 0 Å². The summed E-state index contributed by atoms with van der Waals surface area (Å²) in [5, 5.41) is 19.6. The zero-order chi connectivity index (χ0) is 18.6. The van der Waals surface area contributed by atoms with Crippen molar-refractivity contribution in [1.82, 2.24) is 20.4 Å². The number of likely N-dealkylation sites (tertiary alicyclic amines) is 1. The summed E-state index contributed by atoms with van der Waals surface area (Å²) in [5.74, 6) is -0.870. The first-order valence-corrected chi connectivity index (χ1v) is 8.36. The first-order valence-electron chi connectivity index (χ1n) is 8.36. The van der Waals surface area contributed by atoms with Crippen LogP contribution < -0.4 is 5.32 Å². The minimum atomic E-state index is -4.71. The minimum Gasteiger partial charge on any atom is -0.379 e. The normalized spacial score (nSPS) is 32.4. The second kappa shape index (κ2) is 5.98. The number of rotatable bonds is 2. The van der Waals surface area contributed by atoms with Gasteiger partial charge in [-0.25, -0.2) is 0 Å². The summed E-state index contributed by atoms with van der Waals surface area (Å²) < 4.78 is 39.7. The van der Waals surface area contributed by atoms with Crippen molar-refractivity contribution in [2.45, 2.75) is 38.6 Å². The van der Waals surface area contributed by atoms with Crippen molar-refractivity contribution in [3.8, 4) is 0 Å². The minimum absolute atomic E-state index is 0.133. The average molecular weight is 360 g/mol. The molecule has 2 fully saturated rings. The molecule has 1 amide bonds. The number of amides is 1. The van der Waals surface area contributed by atoms with Crippen molar-refractivity contribution in [2.24, 2.45) is 17.8 Å². The third kappa shape index (κ3) is 3.03. The molecule has 0 bridgehead atoms. The fourth-order valence-corrected chi connectivity index (χ4v) is 4.23. The second-order valence-electron chi connectivity index (χ2n) is 7.49. The highest BCUT2D eigenvalue weighted by atomic mass is 19.4. The van der Waals surface area contributed by atoms with Crippen molar-refractivity contribution in [2.75, 3.05) is 19.6 Å². The van der Waals surface area contributed by atoms with Crippen LogP contribution in [0.15, 0.2) is 6.07 Å². The number of carbonyl (C=O) groups is 1. The monoisotopic (exact) mass is 360 g/mol. The molecular weight excluding hydrogens is 337 g/mol. The summed E-state index contributed by atoms with van der Waals surface area (Å²) in [6.45, 7) is 5.50. The van der Waals surface area contributed by atoms with Gasteiger partial charge in [0.1, 0.15) is 5.69 Å². The number of hydrogen-bond donors (Lipinski definition) is 3. The summed E-state index contributed by atoms with van der Waals surface area (Å²) in [6, 6.07) is 0.584. The SMILES string of the molecule is Cc1cc(C(=O)N2CC3CN[C@H]([C@@](C)(O)C(F)(F)F)[C@@H]3[C@@H](C)C2)n[nH]1. The van der Waals surface area contributed by atoms with Crippen molar-refractivity contribution < 1.29 is 23.1 Å². The zero-order valence-corrected chi connectivity index (χ0v) is 14.4. The number of aryl methyl sites for hydroxylation is 1. The standard InChI is InChI=1S/C16H23F3N4O2/c1-8-6-23(14(24)11-4-9(2)21-22-11)7-10-5-20-13(12(8)10)15(3,25)16(17,18)19/h4,8,10,12-13,20,25H,5-7H2,1-3H3,(H,21,22)/t8-,10?,12+,13-,15+/m0/s1. The maximum Gasteiger partial charge on any atom is 0.418 e. The molecule has 2 aliphatic heterocycles. The molecule has 3 rings (SSSR count). The number of carbonyl (C=O) groups excluding carboxylic acids is 1. The Bertz CT molecular complexity index is 658. The quantitative estimate of drug-likeness (QED) is 0.743. The first-order chi connectivity index (χ1) is 11.5. The fraction of sp³-hybridized carbons (Fsp3) is 0.750. The number of alkyl halides is 3. The van der Waals surface area contributed by atoms with Crippen molar-refractivity contribution in [3.05, 3.63) is 17.5 Å². The van der Waals surface area contributed by atoms with Crippen LogP contribution in [0.2, 0.25) is 0 Å². The van der Waals surface area contributed by atoms with Crippen molar-refractivity contribution >= 4 is 5.91 Å². The molecule has 3 heterocycles. The van der Waals surface area contributed by atoms with Crippen molar-refractivity contribution in [1.29, 1.82) is 0 Å². The predicted molar refractivity (Wildman–Crippen MR) is 83.8 cm³/mol. The zero-order valence-electron chi connectivity index (χ0n) is 14.4. The number of fused-ring (bicyclic) bond motifs is 1. The maximum absolute atomic E-state index is 13.2. The van der Waals surface area contributed by atoms with Crippen LogP contribution in [0.4, 0.5) is 13.2 Å². The van der Waals surface area contributed by atoms with Gasteiger partial charge in [-0.15, -0.1) is 0 Å². The van der Waals surface area contributed by atoms with Crippen LogP contribution >= 0.6 is 0 Å². The number of aromatic amines is 1. The topological polar surface area (TPSA) is 81.2 Å². The molecule has 2 saturated heterocycles. The van der Waals surface area contributed by atoms with Gasteiger partial charge in [-0.2, -0.15) is 18.3 Å². The van der Waals surface area contributed by atoms with E-state index in [1.165, 1.54) is 0 Å². The van der Waals surface area contributed by atoms with Crippen LogP contribution in [0.1, 0.15) is 30.0 Å². The Morgan fingerprint density at radius 3 is 2.64 bits per heavy atom. The highest BCUT2D eigenvalue weighted by Gasteiger charge is 2.61. The Morgan fingerprint density at radius 1 is 1.40 bits per heavy atom. The lowest BCUT2D eigenvalue weighted by Gasteiger charge is -2.44. The summed E-state index contributed by atoms with van der Waals surface area (Å²) in [4.78, 5) is 14.2. The highest BCUT2D eigenvalue weighted by Crippen LogP contribution is 2.44. The molecule has 5 atom stereocenters. The smallest absolute Gasteiger partial charge is 0.379 e. The molecule has 2 aliphatic rings. The van der Waals surface area contributed by atoms with E-state index in [9.17, 15) is 23.1 Å². The van der Waals surface area contributed by atoms with E-state index in [1.54, 1.807) is 17.9 Å². The van der Waals surface area contributed by atoms with E-state index in [-0.39, 0.29) is 23.7 Å². The van der Waals surface area contributed by atoms with Gasteiger partial charge < -0.3 is 15.3 Å². The predicted octanol–water partition coefficient (Wildman–Crippen LogP) is 1.33. The van der Waals surface area contributed by atoms with E-state index in [0.717, 1.165) is 12.6 Å². The lowest BCUT2D eigenvalue weighted by molar-refractivity contribution is -0.267. The van der Waals surface area contributed by atoms with Gasteiger partial charge in [0, 0.05) is 31.4 Å². The second-order valence-corrected chi connectivity index (χ2v) is 7.49. The van der Waals surface area contributed by atoms with E-state index in [2.05, 4.69) is 15.5 Å². The van der Waals surface area contributed by atoms with Gasteiger partial charge in [-0.1, -0.05) is 6.92 Å². The maximum atomic E-state index is 13.2. The molecule has 0 spiro atoms. The molecule has 0 saturated carbocycles. The summed E-state index contributed by atoms with van der Waals surface area (Å²) in [6.07, 6.45) is -4.71. The molecular formula is C16H23F3N4O2. The van der Waals surface area contributed by atoms with E-state index in [0.29, 0.717) is 25.3 Å². The van der Waals surface area contributed by atoms with E-state index < -0.39 is 17.8 Å². The molecule has 6 nitrogen and oxygen atoms in total. The first kappa shape index (κ1) is 18.2. The van der Waals surface area contributed by atoms with Gasteiger partial charge in [-0.3, -0.25) is 9.89 Å². The van der Waals surface area contributed by atoms with Crippen LogP contribution in [0, 0.1) is 24.7 Å². The molecule has 1 unspecified atom stereocenters. The third-order valence-corrected chi connectivity index (χ3v) is 5.54. The van der Waals surface area contributed by atoms with Gasteiger partial charge in [-0.05, 0) is 37.7 Å². The number of nitrogens with one attached hydrogen (secondary N) is 2. The molecule has 0 aromatic carbocycles. The molecule has 3 N–H and O–H groups in total. The molecule has 25 heavy (non-hydrogen) atoms. The van der Waals surface area contributed by atoms with Crippen LogP contribution in [0.25, 0.3) is 0 Å². The van der Waals surface area contributed by atoms with Gasteiger partial charge in [0.25, 0.3) is 5.91 Å². The molecule has 140 valence electrons.